The normalized spacial score (nSPS) is 18.4. The molecular weight excluding hydrogens is 274 g/mol. The molecule has 0 aliphatic carbocycles. The minimum Gasteiger partial charge on any atom is -0.461 e. The van der Waals surface area contributed by atoms with Gasteiger partial charge in [-0.05, 0) is 30.6 Å². The predicted molar refractivity (Wildman–Crippen MR) is 89.5 cm³/mol. The lowest BCUT2D eigenvalue weighted by molar-refractivity contribution is -0.140. The van der Waals surface area contributed by atoms with Gasteiger partial charge < -0.3 is 9.64 Å². The van der Waals surface area contributed by atoms with Crippen molar-refractivity contribution in [3.05, 3.63) is 71.5 Å². The van der Waals surface area contributed by atoms with Crippen LogP contribution in [0.4, 0.5) is 0 Å². The molecule has 1 atom stereocenters. The van der Waals surface area contributed by atoms with E-state index >= 15 is 0 Å². The van der Waals surface area contributed by atoms with Crippen molar-refractivity contribution < 1.29 is 9.53 Å². The van der Waals surface area contributed by atoms with Gasteiger partial charge in [0.25, 0.3) is 0 Å². The number of ether oxygens (including phenoxy) is 1. The Morgan fingerprint density at radius 2 is 2.05 bits per heavy atom. The third-order valence-corrected chi connectivity index (χ3v) is 3.91. The van der Waals surface area contributed by atoms with Crippen LogP contribution in [-0.2, 0) is 9.53 Å². The number of aryl methyl sites for hydroxylation is 1. The number of rotatable bonds is 4. The van der Waals surface area contributed by atoms with Crippen LogP contribution < -0.4 is 0 Å². The van der Waals surface area contributed by atoms with E-state index in [1.165, 1.54) is 5.56 Å². The van der Waals surface area contributed by atoms with Gasteiger partial charge in [-0.3, -0.25) is 0 Å². The number of benzene rings is 1. The van der Waals surface area contributed by atoms with Gasteiger partial charge >= 0.3 is 5.97 Å². The summed E-state index contributed by atoms with van der Waals surface area (Å²) >= 11 is 0. The molecule has 0 fully saturated rings. The summed E-state index contributed by atoms with van der Waals surface area (Å²) in [5.74, 6) is -0.321. The monoisotopic (exact) mass is 297 g/mol. The number of carbonyl (C=O) groups is 1. The van der Waals surface area contributed by atoms with Crippen LogP contribution in [0.1, 0.15) is 24.0 Å². The summed E-state index contributed by atoms with van der Waals surface area (Å²) in [6.45, 7) is 13.0. The molecule has 1 aliphatic heterocycles. The molecule has 1 unspecified atom stereocenters. The number of hydrogen-bond acceptors (Lipinski definition) is 3. The number of hydrogen-bond donors (Lipinski definition) is 0. The topological polar surface area (TPSA) is 29.5 Å². The molecular formula is C19H23NO2. The second kappa shape index (κ2) is 6.65. The first-order valence-corrected chi connectivity index (χ1v) is 7.48. The Kier molecular flexibility index (Phi) is 4.86. The van der Waals surface area contributed by atoms with Gasteiger partial charge in [-0.1, -0.05) is 49.1 Å². The van der Waals surface area contributed by atoms with Crippen LogP contribution in [0, 0.1) is 6.92 Å². The summed E-state index contributed by atoms with van der Waals surface area (Å²) < 4.78 is 5.21. The quantitative estimate of drug-likeness (QED) is 0.628. The number of likely N-dealkylation sites (N-methyl/N-ethyl adjacent to an activating group) is 1. The third kappa shape index (κ3) is 2.98. The maximum Gasteiger partial charge on any atom is 0.354 e. The van der Waals surface area contributed by atoms with Crippen molar-refractivity contribution in [2.24, 2.45) is 0 Å². The Labute approximate surface area is 132 Å². The van der Waals surface area contributed by atoms with E-state index in [2.05, 4.69) is 44.3 Å². The van der Waals surface area contributed by atoms with E-state index in [1.807, 2.05) is 18.9 Å². The number of allylic oxidation sites excluding steroid dienone is 2. The first kappa shape index (κ1) is 16.1. The number of esters is 1. The smallest absolute Gasteiger partial charge is 0.354 e. The molecule has 116 valence electrons. The zero-order valence-electron chi connectivity index (χ0n) is 13.6. The Morgan fingerprint density at radius 1 is 1.41 bits per heavy atom. The molecule has 0 spiro atoms. The van der Waals surface area contributed by atoms with E-state index in [-0.39, 0.29) is 11.9 Å². The lowest BCUT2D eigenvalue weighted by atomic mass is 9.81. The van der Waals surface area contributed by atoms with Gasteiger partial charge in [-0.15, -0.1) is 0 Å². The fraction of sp³-hybridized carbons (Fsp3) is 0.316. The van der Waals surface area contributed by atoms with Crippen molar-refractivity contribution in [1.29, 1.82) is 0 Å². The summed E-state index contributed by atoms with van der Waals surface area (Å²) in [5.41, 5.74) is 4.82. The minimum absolute atomic E-state index is 0.0197. The zero-order valence-corrected chi connectivity index (χ0v) is 13.6. The first-order valence-electron chi connectivity index (χ1n) is 7.48. The molecule has 0 saturated heterocycles. The third-order valence-electron chi connectivity index (χ3n) is 3.91. The van der Waals surface area contributed by atoms with Crippen LogP contribution >= 0.6 is 0 Å². The van der Waals surface area contributed by atoms with E-state index in [0.717, 1.165) is 16.7 Å². The molecule has 1 aromatic rings. The van der Waals surface area contributed by atoms with Crippen LogP contribution in [0.5, 0.6) is 0 Å². The molecule has 0 bridgehead atoms. The second-order valence-corrected chi connectivity index (χ2v) is 5.59. The van der Waals surface area contributed by atoms with Gasteiger partial charge in [0, 0.05) is 19.5 Å². The molecule has 1 heterocycles. The summed E-state index contributed by atoms with van der Waals surface area (Å²) in [6.07, 6.45) is 1.75. The van der Waals surface area contributed by atoms with E-state index in [1.54, 1.807) is 6.08 Å². The predicted octanol–water partition coefficient (Wildman–Crippen LogP) is 3.58. The lowest BCUT2D eigenvalue weighted by Gasteiger charge is -2.35. The fourth-order valence-corrected chi connectivity index (χ4v) is 2.91. The molecule has 1 aromatic carbocycles. The SMILES string of the molecule is C=CC1=C(C(=O)OCC)N(C)CC(=C)C1c1ccc(C)cc1. The number of carbonyl (C=O) groups excluding carboxylic acids is 1. The van der Waals surface area contributed by atoms with Gasteiger partial charge in [0.15, 0.2) is 0 Å². The van der Waals surface area contributed by atoms with Gasteiger partial charge in [0.1, 0.15) is 5.70 Å². The Morgan fingerprint density at radius 3 is 2.59 bits per heavy atom. The van der Waals surface area contributed by atoms with Crippen LogP contribution in [0.3, 0.4) is 0 Å². The molecule has 0 N–H and O–H groups in total. The molecule has 1 aliphatic rings. The van der Waals surface area contributed by atoms with Crippen LogP contribution in [0.2, 0.25) is 0 Å². The molecule has 0 saturated carbocycles. The van der Waals surface area contributed by atoms with Crippen molar-refractivity contribution >= 4 is 5.97 Å². The van der Waals surface area contributed by atoms with E-state index in [4.69, 9.17) is 4.74 Å². The Hall–Kier alpha value is -2.29. The van der Waals surface area contributed by atoms with Gasteiger partial charge in [-0.25, -0.2) is 4.79 Å². The molecule has 0 aromatic heterocycles. The van der Waals surface area contributed by atoms with Crippen molar-refractivity contribution in [2.45, 2.75) is 19.8 Å². The van der Waals surface area contributed by atoms with Crippen molar-refractivity contribution in [3.63, 3.8) is 0 Å². The number of nitrogens with zero attached hydrogens (tertiary/aromatic N) is 1. The highest BCUT2D eigenvalue weighted by Gasteiger charge is 2.32. The average molecular weight is 297 g/mol. The van der Waals surface area contributed by atoms with Crippen LogP contribution in [0.15, 0.2) is 60.3 Å². The standard InChI is InChI=1S/C19H23NO2/c1-6-16-17(15-10-8-13(3)9-11-15)14(4)12-20(5)18(16)19(21)22-7-2/h6,8-11,17H,1,4,7,12H2,2-3,5H3. The van der Waals surface area contributed by atoms with Crippen molar-refractivity contribution in [3.8, 4) is 0 Å². The molecule has 0 amide bonds. The maximum atomic E-state index is 12.3. The highest BCUT2D eigenvalue weighted by Crippen LogP contribution is 2.38. The summed E-state index contributed by atoms with van der Waals surface area (Å²) in [6, 6.07) is 8.32. The Bertz CT molecular complexity index is 625. The highest BCUT2D eigenvalue weighted by molar-refractivity contribution is 5.90. The summed E-state index contributed by atoms with van der Waals surface area (Å²) in [5, 5.41) is 0. The first-order chi connectivity index (χ1) is 10.5. The Balaban J connectivity index is 2.55. The average Bonchev–Trinajstić information content (AvgIpc) is 2.48. The van der Waals surface area contributed by atoms with E-state index < -0.39 is 0 Å². The highest BCUT2D eigenvalue weighted by atomic mass is 16.5. The van der Waals surface area contributed by atoms with Gasteiger partial charge in [-0.2, -0.15) is 0 Å². The second-order valence-electron chi connectivity index (χ2n) is 5.59. The van der Waals surface area contributed by atoms with Gasteiger partial charge in [0.05, 0.1) is 6.61 Å². The molecule has 2 rings (SSSR count). The molecule has 3 nitrogen and oxygen atoms in total. The largest absolute Gasteiger partial charge is 0.461 e. The van der Waals surface area contributed by atoms with Gasteiger partial charge in [0.2, 0.25) is 0 Å². The zero-order chi connectivity index (χ0) is 16.3. The van der Waals surface area contributed by atoms with E-state index in [0.29, 0.717) is 18.8 Å². The molecule has 3 heteroatoms. The van der Waals surface area contributed by atoms with Crippen LogP contribution in [-0.4, -0.2) is 31.1 Å². The fourth-order valence-electron chi connectivity index (χ4n) is 2.91. The van der Waals surface area contributed by atoms with Crippen LogP contribution in [0.25, 0.3) is 0 Å². The van der Waals surface area contributed by atoms with Crippen molar-refractivity contribution in [1.82, 2.24) is 4.90 Å². The van der Waals surface area contributed by atoms with Crippen molar-refractivity contribution in [2.75, 3.05) is 20.2 Å². The van der Waals surface area contributed by atoms with E-state index in [9.17, 15) is 4.79 Å². The minimum atomic E-state index is -0.301. The lowest BCUT2D eigenvalue weighted by Crippen LogP contribution is -2.34. The summed E-state index contributed by atoms with van der Waals surface area (Å²) in [4.78, 5) is 14.2. The summed E-state index contributed by atoms with van der Waals surface area (Å²) in [7, 11) is 1.88. The maximum absolute atomic E-state index is 12.3. The molecule has 22 heavy (non-hydrogen) atoms. The molecule has 0 radical (unpaired) electrons.